The van der Waals surface area contributed by atoms with Crippen molar-refractivity contribution < 1.29 is 0 Å². The van der Waals surface area contributed by atoms with Crippen LogP contribution in [-0.4, -0.2) is 9.97 Å². The summed E-state index contributed by atoms with van der Waals surface area (Å²) < 4.78 is 2.12. The molecule has 0 aliphatic rings. The van der Waals surface area contributed by atoms with Gasteiger partial charge in [0, 0.05) is 6.20 Å². The van der Waals surface area contributed by atoms with Gasteiger partial charge in [-0.1, -0.05) is 17.4 Å². The van der Waals surface area contributed by atoms with Crippen LogP contribution in [0.25, 0.3) is 10.2 Å². The second-order valence-electron chi connectivity index (χ2n) is 3.95. The standard InChI is InChI=1S/C13H10BrN3S/c1-8-4-5-10-11(7-8)18-13(16-10)17-12-9(14)3-2-6-15-12/h2-7H,1H3,(H,15,16,17). The smallest absolute Gasteiger partial charge is 0.189 e. The van der Waals surface area contributed by atoms with Crippen molar-refractivity contribution in [3.05, 3.63) is 46.6 Å². The maximum atomic E-state index is 4.54. The highest BCUT2D eigenvalue weighted by Gasteiger charge is 2.06. The maximum Gasteiger partial charge on any atom is 0.189 e. The average Bonchev–Trinajstić information content (AvgIpc) is 2.73. The van der Waals surface area contributed by atoms with Gasteiger partial charge in [0.1, 0.15) is 5.82 Å². The molecule has 0 fully saturated rings. The van der Waals surface area contributed by atoms with Gasteiger partial charge in [0.25, 0.3) is 0 Å². The monoisotopic (exact) mass is 319 g/mol. The number of nitrogens with zero attached hydrogens (tertiary/aromatic N) is 2. The lowest BCUT2D eigenvalue weighted by Gasteiger charge is -2.02. The molecule has 0 saturated carbocycles. The molecule has 1 N–H and O–H groups in total. The van der Waals surface area contributed by atoms with Crippen molar-refractivity contribution in [1.29, 1.82) is 0 Å². The lowest BCUT2D eigenvalue weighted by molar-refractivity contribution is 1.28. The van der Waals surface area contributed by atoms with Crippen LogP contribution in [0.5, 0.6) is 0 Å². The number of halogens is 1. The topological polar surface area (TPSA) is 37.8 Å². The number of hydrogen-bond acceptors (Lipinski definition) is 4. The van der Waals surface area contributed by atoms with Crippen molar-refractivity contribution in [2.24, 2.45) is 0 Å². The van der Waals surface area contributed by atoms with E-state index in [1.165, 1.54) is 10.3 Å². The van der Waals surface area contributed by atoms with E-state index in [0.29, 0.717) is 0 Å². The summed E-state index contributed by atoms with van der Waals surface area (Å²) in [5.41, 5.74) is 2.26. The number of aromatic nitrogens is 2. The van der Waals surface area contributed by atoms with Gasteiger partial charge in [0.05, 0.1) is 14.7 Å². The SMILES string of the molecule is Cc1ccc2nc(Nc3ncccc3Br)sc2c1. The quantitative estimate of drug-likeness (QED) is 0.755. The lowest BCUT2D eigenvalue weighted by atomic mass is 10.2. The zero-order valence-corrected chi connectivity index (χ0v) is 12.0. The predicted octanol–water partition coefficient (Wildman–Crippen LogP) is 4.51. The van der Waals surface area contributed by atoms with Gasteiger partial charge in [-0.15, -0.1) is 0 Å². The van der Waals surface area contributed by atoms with E-state index >= 15 is 0 Å². The Bertz CT molecular complexity index is 708. The molecule has 3 aromatic rings. The van der Waals surface area contributed by atoms with Crippen LogP contribution < -0.4 is 5.32 Å². The molecule has 3 rings (SSSR count). The van der Waals surface area contributed by atoms with Gasteiger partial charge >= 0.3 is 0 Å². The minimum Gasteiger partial charge on any atom is -0.315 e. The highest BCUT2D eigenvalue weighted by atomic mass is 79.9. The van der Waals surface area contributed by atoms with Crippen molar-refractivity contribution in [3.63, 3.8) is 0 Å². The van der Waals surface area contributed by atoms with Gasteiger partial charge in [-0.2, -0.15) is 0 Å². The second kappa shape index (κ2) is 4.66. The number of thiazole rings is 1. The number of hydrogen-bond donors (Lipinski definition) is 1. The summed E-state index contributed by atoms with van der Waals surface area (Å²) in [5.74, 6) is 0.785. The second-order valence-corrected chi connectivity index (χ2v) is 5.83. The summed E-state index contributed by atoms with van der Waals surface area (Å²) in [6, 6.07) is 10.1. The summed E-state index contributed by atoms with van der Waals surface area (Å²) in [7, 11) is 0. The number of nitrogens with one attached hydrogen (secondary N) is 1. The Morgan fingerprint density at radius 3 is 3.00 bits per heavy atom. The number of benzene rings is 1. The van der Waals surface area contributed by atoms with Crippen LogP contribution in [0.4, 0.5) is 10.9 Å². The maximum absolute atomic E-state index is 4.54. The molecule has 3 nitrogen and oxygen atoms in total. The van der Waals surface area contributed by atoms with Gasteiger partial charge in [-0.3, -0.25) is 0 Å². The van der Waals surface area contributed by atoms with E-state index in [1.807, 2.05) is 18.2 Å². The van der Waals surface area contributed by atoms with E-state index in [0.717, 1.165) is 20.9 Å². The van der Waals surface area contributed by atoms with Crippen LogP contribution in [0.1, 0.15) is 5.56 Å². The zero-order chi connectivity index (χ0) is 12.5. The van der Waals surface area contributed by atoms with Gasteiger partial charge < -0.3 is 5.32 Å². The molecule has 0 spiro atoms. The van der Waals surface area contributed by atoms with Gasteiger partial charge in [-0.05, 0) is 52.7 Å². The van der Waals surface area contributed by atoms with Crippen LogP contribution in [0, 0.1) is 6.92 Å². The highest BCUT2D eigenvalue weighted by Crippen LogP contribution is 2.30. The summed E-state index contributed by atoms with van der Waals surface area (Å²) in [5, 5.41) is 4.09. The first-order valence-electron chi connectivity index (χ1n) is 5.47. The van der Waals surface area contributed by atoms with Crippen molar-refractivity contribution in [1.82, 2.24) is 9.97 Å². The third-order valence-electron chi connectivity index (χ3n) is 2.53. The van der Waals surface area contributed by atoms with E-state index < -0.39 is 0 Å². The minimum atomic E-state index is 0.785. The number of pyridine rings is 1. The van der Waals surface area contributed by atoms with Crippen molar-refractivity contribution >= 4 is 48.4 Å². The van der Waals surface area contributed by atoms with Crippen LogP contribution in [-0.2, 0) is 0 Å². The zero-order valence-electron chi connectivity index (χ0n) is 9.64. The fourth-order valence-electron chi connectivity index (χ4n) is 1.66. The largest absolute Gasteiger partial charge is 0.315 e. The molecule has 1 aromatic carbocycles. The molecule has 2 heterocycles. The Labute approximate surface area is 117 Å². The Morgan fingerprint density at radius 2 is 2.17 bits per heavy atom. The van der Waals surface area contributed by atoms with Crippen molar-refractivity contribution in [2.45, 2.75) is 6.92 Å². The molecule has 90 valence electrons. The van der Waals surface area contributed by atoms with E-state index in [4.69, 9.17) is 0 Å². The summed E-state index contributed by atoms with van der Waals surface area (Å²) in [6.07, 6.45) is 1.75. The molecule has 0 aliphatic heterocycles. The molecule has 5 heteroatoms. The molecule has 2 aromatic heterocycles. The lowest BCUT2D eigenvalue weighted by Crippen LogP contribution is -1.92. The molecule has 0 atom stereocenters. The molecule has 0 aliphatic carbocycles. The molecule has 0 amide bonds. The first-order valence-corrected chi connectivity index (χ1v) is 7.08. The first-order chi connectivity index (χ1) is 8.72. The number of rotatable bonds is 2. The van der Waals surface area contributed by atoms with E-state index in [9.17, 15) is 0 Å². The molecular formula is C13H10BrN3S. The minimum absolute atomic E-state index is 0.785. The Balaban J connectivity index is 1.98. The molecule has 0 saturated heterocycles. The third kappa shape index (κ3) is 2.23. The van der Waals surface area contributed by atoms with Gasteiger partial charge in [-0.25, -0.2) is 9.97 Å². The van der Waals surface area contributed by atoms with Crippen LogP contribution in [0.2, 0.25) is 0 Å². The molecule has 18 heavy (non-hydrogen) atoms. The van der Waals surface area contributed by atoms with Gasteiger partial charge in [0.15, 0.2) is 5.13 Å². The Hall–Kier alpha value is -1.46. The van der Waals surface area contributed by atoms with E-state index in [1.54, 1.807) is 17.5 Å². The molecule has 0 unspecified atom stereocenters. The fourth-order valence-corrected chi connectivity index (χ4v) is 2.98. The van der Waals surface area contributed by atoms with Crippen LogP contribution in [0.3, 0.4) is 0 Å². The van der Waals surface area contributed by atoms with E-state index in [2.05, 4.69) is 50.3 Å². The summed E-state index contributed by atoms with van der Waals surface area (Å²) >= 11 is 5.09. The Morgan fingerprint density at radius 1 is 1.28 bits per heavy atom. The third-order valence-corrected chi connectivity index (χ3v) is 4.10. The summed E-state index contributed by atoms with van der Waals surface area (Å²) in [6.45, 7) is 2.08. The fraction of sp³-hybridized carbons (Fsp3) is 0.0769. The van der Waals surface area contributed by atoms with Crippen LogP contribution >= 0.6 is 27.3 Å². The van der Waals surface area contributed by atoms with Crippen LogP contribution in [0.15, 0.2) is 41.0 Å². The molecule has 0 bridgehead atoms. The predicted molar refractivity (Wildman–Crippen MR) is 79.6 cm³/mol. The molecule has 0 radical (unpaired) electrons. The molecular weight excluding hydrogens is 310 g/mol. The highest BCUT2D eigenvalue weighted by molar-refractivity contribution is 9.10. The number of anilines is 2. The number of fused-ring (bicyclic) bond motifs is 1. The Kier molecular flexibility index (Phi) is 3.01. The van der Waals surface area contributed by atoms with Gasteiger partial charge in [0.2, 0.25) is 0 Å². The normalized spacial score (nSPS) is 10.8. The van der Waals surface area contributed by atoms with E-state index in [-0.39, 0.29) is 0 Å². The average molecular weight is 320 g/mol. The van der Waals surface area contributed by atoms with Crippen molar-refractivity contribution in [3.8, 4) is 0 Å². The number of aryl methyl sites for hydroxylation is 1. The van der Waals surface area contributed by atoms with Crippen molar-refractivity contribution in [2.75, 3.05) is 5.32 Å². The first kappa shape index (κ1) is 11.6. The summed E-state index contributed by atoms with van der Waals surface area (Å²) in [4.78, 5) is 8.81.